The largest absolute Gasteiger partial charge is 0.497 e. The van der Waals surface area contributed by atoms with Crippen molar-refractivity contribution >= 4 is 17.4 Å². The molecule has 1 aromatic heterocycles. The van der Waals surface area contributed by atoms with Crippen LogP contribution in [0.5, 0.6) is 5.75 Å². The van der Waals surface area contributed by atoms with Crippen molar-refractivity contribution in [3.63, 3.8) is 0 Å². The monoisotopic (exact) mass is 295 g/mol. The molecule has 0 N–H and O–H groups in total. The van der Waals surface area contributed by atoms with Gasteiger partial charge < -0.3 is 4.74 Å². The Morgan fingerprint density at radius 1 is 1.27 bits per heavy atom. The number of nitrogens with zero attached hydrogens (tertiary/aromatic N) is 3. The van der Waals surface area contributed by atoms with Gasteiger partial charge in [-0.1, -0.05) is 0 Å². The molecule has 2 rings (SSSR count). The highest BCUT2D eigenvalue weighted by atomic mass is 16.5. The number of hydrogen-bond acceptors (Lipinski definition) is 4. The van der Waals surface area contributed by atoms with Crippen molar-refractivity contribution in [2.24, 2.45) is 0 Å². The molecule has 5 nitrogen and oxygen atoms in total. The summed E-state index contributed by atoms with van der Waals surface area (Å²) < 4.78 is 5.13. The van der Waals surface area contributed by atoms with Crippen LogP contribution in [-0.4, -0.2) is 18.0 Å². The smallest absolute Gasteiger partial charge is 0.229 e. The van der Waals surface area contributed by atoms with Gasteiger partial charge in [0, 0.05) is 12.6 Å². The second kappa shape index (κ2) is 6.27. The van der Waals surface area contributed by atoms with Gasteiger partial charge in [0.1, 0.15) is 11.8 Å². The molecule has 0 saturated heterocycles. The van der Waals surface area contributed by atoms with Crippen molar-refractivity contribution in [2.75, 3.05) is 12.0 Å². The Morgan fingerprint density at radius 2 is 1.91 bits per heavy atom. The van der Waals surface area contributed by atoms with E-state index in [1.165, 1.54) is 11.8 Å². The van der Waals surface area contributed by atoms with Crippen LogP contribution in [0.4, 0.5) is 11.5 Å². The molecule has 0 bridgehead atoms. The summed E-state index contributed by atoms with van der Waals surface area (Å²) in [5, 5.41) is 9.40. The Hall–Kier alpha value is -2.87. The number of carbonyl (C=O) groups excluding carboxylic acids is 1. The first-order valence-electron chi connectivity index (χ1n) is 6.81. The Labute approximate surface area is 129 Å². The fourth-order valence-corrected chi connectivity index (χ4v) is 2.30. The van der Waals surface area contributed by atoms with Crippen LogP contribution in [0.2, 0.25) is 0 Å². The molecule has 0 fully saturated rings. The summed E-state index contributed by atoms with van der Waals surface area (Å²) in [6, 6.07) is 11.0. The van der Waals surface area contributed by atoms with E-state index in [2.05, 4.69) is 11.1 Å². The van der Waals surface area contributed by atoms with Gasteiger partial charge in [0.2, 0.25) is 5.91 Å². The second-order valence-electron chi connectivity index (χ2n) is 4.94. The Morgan fingerprint density at radius 3 is 2.41 bits per heavy atom. The van der Waals surface area contributed by atoms with Crippen LogP contribution in [-0.2, 0) is 4.79 Å². The summed E-state index contributed by atoms with van der Waals surface area (Å²) in [7, 11) is 1.58. The molecule has 22 heavy (non-hydrogen) atoms. The van der Waals surface area contributed by atoms with Gasteiger partial charge in [0.15, 0.2) is 5.82 Å². The minimum atomic E-state index is -0.209. The van der Waals surface area contributed by atoms with Gasteiger partial charge >= 0.3 is 0 Å². The molecule has 1 aromatic carbocycles. The number of amides is 1. The minimum absolute atomic E-state index is 0.209. The van der Waals surface area contributed by atoms with E-state index >= 15 is 0 Å². The van der Waals surface area contributed by atoms with E-state index in [1.54, 1.807) is 31.4 Å². The average Bonchev–Trinajstić information content (AvgIpc) is 2.47. The van der Waals surface area contributed by atoms with Crippen molar-refractivity contribution in [3.8, 4) is 11.8 Å². The van der Waals surface area contributed by atoms with E-state index in [-0.39, 0.29) is 5.91 Å². The Bertz CT molecular complexity index is 746. The van der Waals surface area contributed by atoms with Crippen LogP contribution in [0.3, 0.4) is 0 Å². The highest BCUT2D eigenvalue weighted by Gasteiger charge is 2.21. The maximum absolute atomic E-state index is 12.1. The number of benzene rings is 1. The average molecular weight is 295 g/mol. The number of pyridine rings is 1. The molecule has 0 saturated carbocycles. The van der Waals surface area contributed by atoms with E-state index < -0.39 is 0 Å². The molecule has 0 spiro atoms. The van der Waals surface area contributed by atoms with Gasteiger partial charge in [0.05, 0.1) is 18.4 Å². The topological polar surface area (TPSA) is 66.2 Å². The van der Waals surface area contributed by atoms with Crippen LogP contribution in [0.25, 0.3) is 0 Å². The molecule has 5 heteroatoms. The van der Waals surface area contributed by atoms with E-state index in [1.807, 2.05) is 19.9 Å². The summed E-state index contributed by atoms with van der Waals surface area (Å²) >= 11 is 0. The molecular formula is C17H17N3O2. The fraction of sp³-hybridized carbons (Fsp3) is 0.235. The number of aromatic nitrogens is 1. The summed E-state index contributed by atoms with van der Waals surface area (Å²) in [5.74, 6) is 0.845. The van der Waals surface area contributed by atoms with E-state index in [9.17, 15) is 10.1 Å². The number of anilines is 2. The first-order chi connectivity index (χ1) is 10.5. The summed E-state index contributed by atoms with van der Waals surface area (Å²) in [4.78, 5) is 18.0. The number of ether oxygens (including phenoxy) is 1. The van der Waals surface area contributed by atoms with Gasteiger partial charge in [-0.25, -0.2) is 4.98 Å². The molecule has 0 radical (unpaired) electrons. The molecule has 0 aliphatic heterocycles. The van der Waals surface area contributed by atoms with E-state index in [4.69, 9.17) is 4.74 Å². The fourth-order valence-electron chi connectivity index (χ4n) is 2.30. The van der Waals surface area contributed by atoms with E-state index in [0.29, 0.717) is 22.8 Å². The maximum Gasteiger partial charge on any atom is 0.229 e. The molecule has 0 unspecified atom stereocenters. The van der Waals surface area contributed by atoms with Crippen LogP contribution in [0, 0.1) is 25.2 Å². The highest BCUT2D eigenvalue weighted by molar-refractivity contribution is 5.99. The SMILES string of the molecule is COc1ccc(N(C(C)=O)c2nc(C)cc(C)c2C#N)cc1. The molecular weight excluding hydrogens is 278 g/mol. The van der Waals surface area contributed by atoms with Crippen molar-refractivity contribution in [1.29, 1.82) is 5.26 Å². The Kier molecular flexibility index (Phi) is 4.42. The first kappa shape index (κ1) is 15.5. The van der Waals surface area contributed by atoms with Crippen molar-refractivity contribution in [3.05, 3.63) is 47.2 Å². The molecule has 2 aromatic rings. The van der Waals surface area contributed by atoms with Crippen LogP contribution < -0.4 is 9.64 Å². The lowest BCUT2D eigenvalue weighted by Crippen LogP contribution is -2.25. The summed E-state index contributed by atoms with van der Waals surface area (Å²) in [6.07, 6.45) is 0. The maximum atomic E-state index is 12.1. The standard InChI is InChI=1S/C17H17N3O2/c1-11-9-12(2)19-17(16(11)10-18)20(13(3)21)14-5-7-15(22-4)8-6-14/h5-9H,1-4H3. The molecule has 0 aliphatic carbocycles. The number of methoxy groups -OCH3 is 1. The Balaban J connectivity index is 2.62. The quantitative estimate of drug-likeness (QED) is 0.871. The van der Waals surface area contributed by atoms with Crippen LogP contribution >= 0.6 is 0 Å². The van der Waals surface area contributed by atoms with E-state index in [0.717, 1.165) is 11.3 Å². The zero-order valence-electron chi connectivity index (χ0n) is 13.0. The number of aryl methyl sites for hydroxylation is 2. The molecule has 0 atom stereocenters. The first-order valence-corrected chi connectivity index (χ1v) is 6.81. The van der Waals surface area contributed by atoms with Crippen molar-refractivity contribution in [2.45, 2.75) is 20.8 Å². The number of hydrogen-bond donors (Lipinski definition) is 0. The number of carbonyl (C=O) groups is 1. The van der Waals surface area contributed by atoms with Gasteiger partial charge in [-0.05, 0) is 49.7 Å². The number of nitriles is 1. The lowest BCUT2D eigenvalue weighted by molar-refractivity contribution is -0.115. The molecule has 1 amide bonds. The van der Waals surface area contributed by atoms with Crippen molar-refractivity contribution < 1.29 is 9.53 Å². The zero-order valence-corrected chi connectivity index (χ0v) is 13.0. The third-order valence-electron chi connectivity index (χ3n) is 3.29. The number of rotatable bonds is 3. The molecule has 112 valence electrons. The third-order valence-corrected chi connectivity index (χ3v) is 3.29. The minimum Gasteiger partial charge on any atom is -0.497 e. The van der Waals surface area contributed by atoms with Crippen LogP contribution in [0.1, 0.15) is 23.7 Å². The predicted molar refractivity (Wildman–Crippen MR) is 84.2 cm³/mol. The van der Waals surface area contributed by atoms with Crippen molar-refractivity contribution in [1.82, 2.24) is 4.98 Å². The van der Waals surface area contributed by atoms with Gasteiger partial charge in [-0.2, -0.15) is 5.26 Å². The van der Waals surface area contributed by atoms with Crippen LogP contribution in [0.15, 0.2) is 30.3 Å². The van der Waals surface area contributed by atoms with Gasteiger partial charge in [-0.3, -0.25) is 9.69 Å². The normalized spacial score (nSPS) is 9.95. The molecule has 0 aliphatic rings. The third kappa shape index (κ3) is 2.91. The zero-order chi connectivity index (χ0) is 16.3. The lowest BCUT2D eigenvalue weighted by Gasteiger charge is -2.22. The lowest BCUT2D eigenvalue weighted by atomic mass is 10.1. The van der Waals surface area contributed by atoms with Gasteiger partial charge in [0.25, 0.3) is 0 Å². The summed E-state index contributed by atoms with van der Waals surface area (Å²) in [6.45, 7) is 5.12. The summed E-state index contributed by atoms with van der Waals surface area (Å²) in [5.41, 5.74) is 2.59. The molecule has 1 heterocycles. The highest BCUT2D eigenvalue weighted by Crippen LogP contribution is 2.30. The van der Waals surface area contributed by atoms with Gasteiger partial charge in [-0.15, -0.1) is 0 Å². The predicted octanol–water partition coefficient (Wildman–Crippen LogP) is 3.26. The second-order valence-corrected chi connectivity index (χ2v) is 4.94.